The Morgan fingerprint density at radius 2 is 1.46 bits per heavy atom. The first-order valence-electron chi connectivity index (χ1n) is 9.09. The van der Waals surface area contributed by atoms with Crippen molar-refractivity contribution in [2.75, 3.05) is 7.11 Å². The molecule has 3 fully saturated rings. The van der Waals surface area contributed by atoms with E-state index in [9.17, 15) is 9.59 Å². The van der Waals surface area contributed by atoms with Gasteiger partial charge in [0, 0.05) is 12.3 Å². The molecule has 0 aromatic heterocycles. The van der Waals surface area contributed by atoms with Crippen LogP contribution in [0, 0.1) is 44.4 Å². The van der Waals surface area contributed by atoms with Crippen LogP contribution in [0.15, 0.2) is 12.1 Å². The highest BCUT2D eigenvalue weighted by Crippen LogP contribution is 2.50. The minimum atomic E-state index is -0.221. The van der Waals surface area contributed by atoms with Crippen molar-refractivity contribution in [2.45, 2.75) is 52.9 Å². The molecule has 0 spiro atoms. The third-order valence-corrected chi connectivity index (χ3v) is 6.26. The second-order valence-corrected chi connectivity index (χ2v) is 7.77. The van der Waals surface area contributed by atoms with Crippen LogP contribution < -0.4 is 0 Å². The number of benzene rings is 1. The molecule has 3 saturated carbocycles. The van der Waals surface area contributed by atoms with E-state index in [2.05, 4.69) is 32.9 Å². The lowest BCUT2D eigenvalue weighted by molar-refractivity contribution is -0.160. The molecule has 1 aromatic carbocycles. The number of ketones is 1. The molecule has 3 aliphatic carbocycles. The summed E-state index contributed by atoms with van der Waals surface area (Å²) in [6.45, 7) is 6.24. The van der Waals surface area contributed by atoms with Crippen LogP contribution in [-0.4, -0.2) is 18.9 Å². The monoisotopic (exact) mass is 328 g/mol. The fourth-order valence-electron chi connectivity index (χ4n) is 5.17. The summed E-state index contributed by atoms with van der Waals surface area (Å²) in [7, 11) is 1.44. The van der Waals surface area contributed by atoms with E-state index in [0.717, 1.165) is 31.2 Å². The minimum absolute atomic E-state index is 0.148. The average molecular weight is 328 g/mol. The Balaban J connectivity index is 1.87. The zero-order valence-corrected chi connectivity index (χ0v) is 15.2. The Labute approximate surface area is 144 Å². The van der Waals surface area contributed by atoms with Gasteiger partial charge in [0.1, 0.15) is 5.78 Å². The Kier molecular flexibility index (Phi) is 4.80. The maximum Gasteiger partial charge on any atom is 0.309 e. The molecule has 3 heteroatoms. The van der Waals surface area contributed by atoms with E-state index in [1.165, 1.54) is 23.8 Å². The second-order valence-electron chi connectivity index (χ2n) is 7.77. The third-order valence-electron chi connectivity index (χ3n) is 6.26. The maximum absolute atomic E-state index is 13.2. The molecule has 0 amide bonds. The maximum atomic E-state index is 13.2. The van der Waals surface area contributed by atoms with E-state index in [-0.39, 0.29) is 23.6 Å². The van der Waals surface area contributed by atoms with E-state index in [0.29, 0.717) is 18.3 Å². The van der Waals surface area contributed by atoms with Crippen molar-refractivity contribution in [3.05, 3.63) is 34.4 Å². The van der Waals surface area contributed by atoms with Gasteiger partial charge in [-0.25, -0.2) is 0 Å². The van der Waals surface area contributed by atoms with Crippen molar-refractivity contribution in [1.29, 1.82) is 0 Å². The lowest BCUT2D eigenvalue weighted by Gasteiger charge is -2.46. The van der Waals surface area contributed by atoms with Crippen LogP contribution in [0.3, 0.4) is 0 Å². The van der Waals surface area contributed by atoms with Gasteiger partial charge >= 0.3 is 5.97 Å². The number of Topliss-reactive ketones (excluding diaryl/α,β-unsaturated/α-hetero) is 1. The molecule has 2 unspecified atom stereocenters. The zero-order valence-electron chi connectivity index (χ0n) is 15.2. The largest absolute Gasteiger partial charge is 0.469 e. The van der Waals surface area contributed by atoms with Gasteiger partial charge in [-0.2, -0.15) is 0 Å². The smallest absolute Gasteiger partial charge is 0.309 e. The van der Waals surface area contributed by atoms with E-state index in [1.807, 2.05) is 0 Å². The van der Waals surface area contributed by atoms with Crippen LogP contribution in [-0.2, 0) is 20.7 Å². The molecule has 3 aliphatic rings. The zero-order chi connectivity index (χ0) is 17.4. The van der Waals surface area contributed by atoms with Crippen molar-refractivity contribution in [3.8, 4) is 0 Å². The summed E-state index contributed by atoms with van der Waals surface area (Å²) in [5.41, 5.74) is 4.72. The average Bonchev–Trinajstić information content (AvgIpc) is 2.57. The lowest BCUT2D eigenvalue weighted by Crippen LogP contribution is -2.48. The van der Waals surface area contributed by atoms with Crippen molar-refractivity contribution in [3.63, 3.8) is 0 Å². The Morgan fingerprint density at radius 1 is 0.958 bits per heavy atom. The number of carbonyl (C=O) groups is 2. The molecular formula is C21H28O3. The van der Waals surface area contributed by atoms with Crippen LogP contribution >= 0.6 is 0 Å². The third kappa shape index (κ3) is 3.01. The van der Waals surface area contributed by atoms with Crippen molar-refractivity contribution in [1.82, 2.24) is 0 Å². The molecule has 2 atom stereocenters. The summed E-state index contributed by atoms with van der Waals surface area (Å²) in [5.74, 6) is 0.371. The second kappa shape index (κ2) is 6.70. The number of rotatable bonds is 4. The molecule has 3 nitrogen and oxygen atoms in total. The number of esters is 1. The van der Waals surface area contributed by atoms with Crippen LogP contribution in [0.25, 0.3) is 0 Å². The summed E-state index contributed by atoms with van der Waals surface area (Å²) >= 11 is 0. The van der Waals surface area contributed by atoms with E-state index in [4.69, 9.17) is 4.74 Å². The summed E-state index contributed by atoms with van der Waals surface area (Å²) < 4.78 is 5.04. The highest BCUT2D eigenvalue weighted by molar-refractivity contribution is 5.89. The van der Waals surface area contributed by atoms with Crippen LogP contribution in [0.1, 0.15) is 47.9 Å². The van der Waals surface area contributed by atoms with Gasteiger partial charge in [0.25, 0.3) is 0 Å². The molecule has 2 bridgehead atoms. The Morgan fingerprint density at radius 3 is 1.96 bits per heavy atom. The van der Waals surface area contributed by atoms with Crippen molar-refractivity contribution < 1.29 is 14.3 Å². The molecule has 1 aromatic rings. The number of methoxy groups -OCH3 is 1. The molecular weight excluding hydrogens is 300 g/mol. The number of hydrogen-bond donors (Lipinski definition) is 0. The summed E-state index contributed by atoms with van der Waals surface area (Å²) in [6.07, 6.45) is 4.74. The number of ether oxygens (including phenoxy) is 1. The van der Waals surface area contributed by atoms with Crippen LogP contribution in [0.4, 0.5) is 0 Å². The fraction of sp³-hybridized carbons (Fsp3) is 0.619. The number of carbonyl (C=O) groups excluding carboxylic acids is 2. The molecule has 0 saturated heterocycles. The highest BCUT2D eigenvalue weighted by atomic mass is 16.5. The van der Waals surface area contributed by atoms with Gasteiger partial charge in [-0.3, -0.25) is 9.59 Å². The minimum Gasteiger partial charge on any atom is -0.469 e. The first-order chi connectivity index (χ1) is 11.4. The molecule has 0 heterocycles. The van der Waals surface area contributed by atoms with Crippen LogP contribution in [0.2, 0.25) is 0 Å². The predicted molar refractivity (Wildman–Crippen MR) is 93.8 cm³/mol. The number of aryl methyl sites for hydroxylation is 3. The lowest BCUT2D eigenvalue weighted by atomic mass is 9.57. The first-order valence-corrected chi connectivity index (χ1v) is 9.09. The van der Waals surface area contributed by atoms with Gasteiger partial charge in [0.15, 0.2) is 0 Å². The Bertz CT molecular complexity index is 630. The Hall–Kier alpha value is -1.64. The normalized spacial score (nSPS) is 28.7. The van der Waals surface area contributed by atoms with Gasteiger partial charge in [-0.05, 0) is 75.0 Å². The topological polar surface area (TPSA) is 43.4 Å². The number of hydrogen-bond acceptors (Lipinski definition) is 3. The molecule has 0 N–H and O–H groups in total. The van der Waals surface area contributed by atoms with Gasteiger partial charge in [-0.1, -0.05) is 17.7 Å². The molecule has 0 aliphatic heterocycles. The molecule has 0 radical (unpaired) electrons. The van der Waals surface area contributed by atoms with Crippen molar-refractivity contribution >= 4 is 11.8 Å². The first kappa shape index (κ1) is 17.2. The van der Waals surface area contributed by atoms with Gasteiger partial charge in [0.05, 0.1) is 13.0 Å². The number of fused-ring (bicyclic) bond motifs is 3. The van der Waals surface area contributed by atoms with E-state index >= 15 is 0 Å². The fourth-order valence-corrected chi connectivity index (χ4v) is 5.17. The summed E-state index contributed by atoms with van der Waals surface area (Å²) in [6, 6.07) is 4.28. The van der Waals surface area contributed by atoms with Crippen molar-refractivity contribution in [2.24, 2.45) is 23.7 Å². The van der Waals surface area contributed by atoms with Gasteiger partial charge in [-0.15, -0.1) is 0 Å². The van der Waals surface area contributed by atoms with Crippen LogP contribution in [0.5, 0.6) is 0 Å². The summed E-state index contributed by atoms with van der Waals surface area (Å²) in [4.78, 5) is 25.5. The molecule has 24 heavy (non-hydrogen) atoms. The van der Waals surface area contributed by atoms with E-state index < -0.39 is 0 Å². The quantitative estimate of drug-likeness (QED) is 0.786. The van der Waals surface area contributed by atoms with Gasteiger partial charge < -0.3 is 4.74 Å². The van der Waals surface area contributed by atoms with E-state index in [1.54, 1.807) is 0 Å². The SMILES string of the molecule is COC(=O)C1C2CCC(CC2)C1C(=O)Cc1c(C)cc(C)cc1C. The molecule has 130 valence electrons. The predicted octanol–water partition coefficient (Wildman–Crippen LogP) is 3.95. The highest BCUT2D eigenvalue weighted by Gasteiger charge is 2.50. The molecule has 4 rings (SSSR count). The summed E-state index contributed by atoms with van der Waals surface area (Å²) in [5, 5.41) is 0. The standard InChI is InChI=1S/C21H28O3/c1-12-9-13(2)17(14(3)10-12)11-18(22)19-15-5-7-16(8-6-15)20(19)21(23)24-4/h9-10,15-16,19-20H,5-8,11H2,1-4H3. The van der Waals surface area contributed by atoms with Gasteiger partial charge in [0.2, 0.25) is 0 Å².